The van der Waals surface area contributed by atoms with Gasteiger partial charge in [-0.15, -0.1) is 0 Å². The Balaban J connectivity index is 1.99. The summed E-state index contributed by atoms with van der Waals surface area (Å²) < 4.78 is 0. The van der Waals surface area contributed by atoms with E-state index in [1.54, 1.807) is 6.07 Å². The number of carboxylic acids is 1. The van der Waals surface area contributed by atoms with Crippen molar-refractivity contribution in [2.24, 2.45) is 5.92 Å². The fraction of sp³-hybridized carbons (Fsp3) is 0.467. The monoisotopic (exact) mass is 291 g/mol. The summed E-state index contributed by atoms with van der Waals surface area (Å²) in [5.74, 6) is -0.541. The molecule has 0 spiro atoms. The van der Waals surface area contributed by atoms with E-state index in [0.717, 1.165) is 18.4 Å². The summed E-state index contributed by atoms with van der Waals surface area (Å²) >= 11 is 0. The predicted molar refractivity (Wildman–Crippen MR) is 80.2 cm³/mol. The molecule has 0 aliphatic heterocycles. The number of carbonyl (C=O) groups excluding carboxylic acids is 1. The fourth-order valence-corrected chi connectivity index (χ4v) is 2.16. The summed E-state index contributed by atoms with van der Waals surface area (Å²) in [5.41, 5.74) is 1.74. The average molecular weight is 291 g/mol. The zero-order chi connectivity index (χ0) is 15.2. The summed E-state index contributed by atoms with van der Waals surface area (Å²) in [6.45, 7) is 0.956. The van der Waals surface area contributed by atoms with E-state index in [0.29, 0.717) is 24.7 Å². The van der Waals surface area contributed by atoms with E-state index in [-0.39, 0.29) is 12.6 Å². The minimum Gasteiger partial charge on any atom is -0.480 e. The largest absolute Gasteiger partial charge is 0.480 e. The van der Waals surface area contributed by atoms with E-state index in [1.807, 2.05) is 25.2 Å². The Hall–Kier alpha value is -2.08. The summed E-state index contributed by atoms with van der Waals surface area (Å²) in [5, 5.41) is 14.7. The maximum atomic E-state index is 12.2. The van der Waals surface area contributed by atoms with Crippen LogP contribution in [-0.4, -0.2) is 42.1 Å². The molecule has 0 heterocycles. The van der Waals surface area contributed by atoms with Gasteiger partial charge in [0.05, 0.1) is 0 Å². The second kappa shape index (κ2) is 7.08. The van der Waals surface area contributed by atoms with Gasteiger partial charge in [-0.05, 0) is 43.5 Å². The van der Waals surface area contributed by atoms with Gasteiger partial charge < -0.3 is 20.6 Å². The van der Waals surface area contributed by atoms with Crippen molar-refractivity contribution in [1.29, 1.82) is 0 Å². The number of carboxylic acid groups (broad SMARTS) is 1. The molecular weight excluding hydrogens is 270 g/mol. The topological polar surface area (TPSA) is 81.7 Å². The van der Waals surface area contributed by atoms with Crippen LogP contribution >= 0.6 is 0 Å². The average Bonchev–Trinajstić information content (AvgIpc) is 3.22. The lowest BCUT2D eigenvalue weighted by Gasteiger charge is -2.21. The maximum absolute atomic E-state index is 12.2. The molecule has 0 aromatic heterocycles. The normalized spacial score (nSPS) is 13.8. The molecule has 6 heteroatoms. The highest BCUT2D eigenvalue weighted by molar-refractivity contribution is 5.91. The van der Waals surface area contributed by atoms with E-state index >= 15 is 0 Å². The van der Waals surface area contributed by atoms with Crippen LogP contribution < -0.4 is 10.6 Å². The fourth-order valence-electron chi connectivity index (χ4n) is 2.16. The Morgan fingerprint density at radius 2 is 2.14 bits per heavy atom. The molecule has 1 aliphatic carbocycles. The molecule has 0 saturated heterocycles. The van der Waals surface area contributed by atoms with Crippen molar-refractivity contribution in [3.63, 3.8) is 0 Å². The van der Waals surface area contributed by atoms with Crippen molar-refractivity contribution in [3.05, 3.63) is 29.8 Å². The van der Waals surface area contributed by atoms with Gasteiger partial charge in [-0.25, -0.2) is 4.79 Å². The second-order valence-electron chi connectivity index (χ2n) is 5.38. The van der Waals surface area contributed by atoms with Crippen molar-refractivity contribution in [3.8, 4) is 0 Å². The first kappa shape index (κ1) is 15.3. The Morgan fingerprint density at radius 1 is 1.38 bits per heavy atom. The molecular formula is C15H21N3O3. The number of rotatable bonds is 7. The molecule has 1 fully saturated rings. The number of hydrogen-bond donors (Lipinski definition) is 3. The van der Waals surface area contributed by atoms with E-state index in [2.05, 4.69) is 10.6 Å². The van der Waals surface area contributed by atoms with E-state index in [4.69, 9.17) is 5.11 Å². The minimum atomic E-state index is -0.991. The molecule has 1 saturated carbocycles. The molecule has 1 aromatic carbocycles. The Kier molecular flexibility index (Phi) is 5.16. The highest BCUT2D eigenvalue weighted by atomic mass is 16.4. The highest BCUT2D eigenvalue weighted by Crippen LogP contribution is 2.29. The van der Waals surface area contributed by atoms with Crippen LogP contribution in [0.1, 0.15) is 18.4 Å². The first-order chi connectivity index (χ1) is 10.1. The molecule has 6 nitrogen and oxygen atoms in total. The molecule has 3 N–H and O–H groups in total. The number of aliphatic carboxylic acids is 1. The molecule has 1 aromatic rings. The number of nitrogens with one attached hydrogen (secondary N) is 2. The van der Waals surface area contributed by atoms with Gasteiger partial charge >= 0.3 is 12.0 Å². The summed E-state index contributed by atoms with van der Waals surface area (Å²) in [6.07, 6.45) is 2.14. The molecule has 21 heavy (non-hydrogen) atoms. The number of amides is 2. The van der Waals surface area contributed by atoms with Crippen LogP contribution in [0.5, 0.6) is 0 Å². The molecule has 0 unspecified atom stereocenters. The van der Waals surface area contributed by atoms with Crippen LogP contribution in [0.3, 0.4) is 0 Å². The Bertz CT molecular complexity index is 515. The van der Waals surface area contributed by atoms with Crippen LogP contribution in [-0.2, 0) is 11.3 Å². The van der Waals surface area contributed by atoms with Gasteiger partial charge in [0.1, 0.15) is 6.54 Å². The van der Waals surface area contributed by atoms with Crippen molar-refractivity contribution in [2.75, 3.05) is 25.5 Å². The van der Waals surface area contributed by atoms with Crippen LogP contribution in [0.15, 0.2) is 24.3 Å². The van der Waals surface area contributed by atoms with E-state index < -0.39 is 5.97 Å². The van der Waals surface area contributed by atoms with Crippen LogP contribution in [0.25, 0.3) is 0 Å². The Morgan fingerprint density at radius 3 is 2.76 bits per heavy atom. The third-order valence-corrected chi connectivity index (χ3v) is 3.35. The van der Waals surface area contributed by atoms with Gasteiger partial charge in [-0.3, -0.25) is 4.79 Å². The first-order valence-electron chi connectivity index (χ1n) is 7.09. The van der Waals surface area contributed by atoms with Gasteiger partial charge in [0.25, 0.3) is 0 Å². The molecule has 2 rings (SSSR count). The third-order valence-electron chi connectivity index (χ3n) is 3.35. The SMILES string of the molecule is CNCc1cccc(NC(=O)N(CC(=O)O)CC2CC2)c1. The molecule has 0 bridgehead atoms. The van der Waals surface area contributed by atoms with Crippen molar-refractivity contribution >= 4 is 17.7 Å². The van der Waals surface area contributed by atoms with Gasteiger partial charge in [0.2, 0.25) is 0 Å². The number of anilines is 1. The van der Waals surface area contributed by atoms with E-state index in [9.17, 15) is 9.59 Å². The number of hydrogen-bond acceptors (Lipinski definition) is 3. The molecule has 1 aliphatic rings. The van der Waals surface area contributed by atoms with Crippen molar-refractivity contribution in [2.45, 2.75) is 19.4 Å². The second-order valence-corrected chi connectivity index (χ2v) is 5.38. The van der Waals surface area contributed by atoms with Crippen LogP contribution in [0, 0.1) is 5.92 Å². The van der Waals surface area contributed by atoms with Crippen molar-refractivity contribution in [1.82, 2.24) is 10.2 Å². The predicted octanol–water partition coefficient (Wildman–Crippen LogP) is 1.73. The molecule has 0 radical (unpaired) electrons. The van der Waals surface area contributed by atoms with Crippen LogP contribution in [0.2, 0.25) is 0 Å². The Labute approximate surface area is 124 Å². The third kappa shape index (κ3) is 5.07. The summed E-state index contributed by atoms with van der Waals surface area (Å²) in [6, 6.07) is 7.15. The van der Waals surface area contributed by atoms with Gasteiger partial charge in [-0.1, -0.05) is 12.1 Å². The highest BCUT2D eigenvalue weighted by Gasteiger charge is 2.28. The summed E-state index contributed by atoms with van der Waals surface area (Å²) in [7, 11) is 1.86. The van der Waals surface area contributed by atoms with Crippen molar-refractivity contribution < 1.29 is 14.7 Å². The lowest BCUT2D eigenvalue weighted by molar-refractivity contribution is -0.137. The standard InChI is InChI=1S/C15H21N3O3/c1-16-8-12-3-2-4-13(7-12)17-15(21)18(10-14(19)20)9-11-5-6-11/h2-4,7,11,16H,5-6,8-10H2,1H3,(H,17,21)(H,19,20). The number of benzene rings is 1. The van der Waals surface area contributed by atoms with Gasteiger partial charge in [0.15, 0.2) is 0 Å². The lowest BCUT2D eigenvalue weighted by atomic mass is 10.2. The van der Waals surface area contributed by atoms with E-state index in [1.165, 1.54) is 4.90 Å². The molecule has 2 amide bonds. The smallest absolute Gasteiger partial charge is 0.323 e. The lowest BCUT2D eigenvalue weighted by Crippen LogP contribution is -2.40. The first-order valence-corrected chi connectivity index (χ1v) is 7.09. The van der Waals surface area contributed by atoms with Gasteiger partial charge in [-0.2, -0.15) is 0 Å². The van der Waals surface area contributed by atoms with Gasteiger partial charge in [0, 0.05) is 18.8 Å². The summed E-state index contributed by atoms with van der Waals surface area (Å²) in [4.78, 5) is 24.5. The minimum absolute atomic E-state index is 0.265. The quantitative estimate of drug-likeness (QED) is 0.714. The number of carbonyl (C=O) groups is 2. The molecule has 0 atom stereocenters. The maximum Gasteiger partial charge on any atom is 0.323 e. The number of urea groups is 1. The number of nitrogens with zero attached hydrogens (tertiary/aromatic N) is 1. The zero-order valence-electron chi connectivity index (χ0n) is 12.1. The molecule has 114 valence electrons. The zero-order valence-corrected chi connectivity index (χ0v) is 12.1. The van der Waals surface area contributed by atoms with Crippen LogP contribution in [0.4, 0.5) is 10.5 Å².